The number of primary sulfonamides is 1. The van der Waals surface area contributed by atoms with Gasteiger partial charge >= 0.3 is 0 Å². The molecule has 0 aliphatic heterocycles. The molecule has 0 spiro atoms. The number of sulfonamides is 1. The largest absolute Gasteiger partial charge is 0.493 e. The van der Waals surface area contributed by atoms with E-state index < -0.39 is 10.0 Å². The Kier molecular flexibility index (Phi) is 7.90. The Morgan fingerprint density at radius 1 is 1.06 bits per heavy atom. The summed E-state index contributed by atoms with van der Waals surface area (Å²) >= 11 is 1.42. The normalized spacial score (nSPS) is 11.2. The van der Waals surface area contributed by atoms with Crippen molar-refractivity contribution in [3.8, 4) is 27.8 Å². The first kappa shape index (κ1) is 24.5. The van der Waals surface area contributed by atoms with Gasteiger partial charge in [0.25, 0.3) is 0 Å². The van der Waals surface area contributed by atoms with Crippen molar-refractivity contribution in [3.05, 3.63) is 53.0 Å². The average Bonchev–Trinajstić information content (AvgIpc) is 3.26. The first-order chi connectivity index (χ1) is 15.7. The van der Waals surface area contributed by atoms with Crippen LogP contribution in [0.5, 0.6) is 17.2 Å². The summed E-state index contributed by atoms with van der Waals surface area (Å²) in [6.45, 7) is 0.414. The Morgan fingerprint density at radius 3 is 2.24 bits per heavy atom. The second-order valence-electron chi connectivity index (χ2n) is 7.02. The molecular formula is C22H25N3O6S2. The monoisotopic (exact) mass is 491 g/mol. The third-order valence-corrected chi connectivity index (χ3v) is 6.66. The van der Waals surface area contributed by atoms with Gasteiger partial charge in [0.2, 0.25) is 21.7 Å². The number of nitrogens with zero attached hydrogens (tertiary/aromatic N) is 1. The summed E-state index contributed by atoms with van der Waals surface area (Å²) in [4.78, 5) is 16.9. The van der Waals surface area contributed by atoms with Crippen LogP contribution >= 0.6 is 11.3 Å². The fraction of sp³-hybridized carbons (Fsp3) is 0.273. The Balaban J connectivity index is 1.59. The van der Waals surface area contributed by atoms with Gasteiger partial charge in [0.15, 0.2) is 11.5 Å². The summed E-state index contributed by atoms with van der Waals surface area (Å²) in [6.07, 6.45) is 0.704. The van der Waals surface area contributed by atoms with E-state index in [0.717, 1.165) is 16.1 Å². The minimum atomic E-state index is -3.71. The molecule has 0 aliphatic rings. The third-order valence-electron chi connectivity index (χ3n) is 4.79. The number of ether oxygens (including phenoxy) is 3. The summed E-state index contributed by atoms with van der Waals surface area (Å²) < 4.78 is 38.7. The van der Waals surface area contributed by atoms with E-state index in [1.807, 2.05) is 17.5 Å². The van der Waals surface area contributed by atoms with E-state index >= 15 is 0 Å². The van der Waals surface area contributed by atoms with Crippen molar-refractivity contribution in [2.75, 3.05) is 27.9 Å². The molecule has 0 radical (unpaired) electrons. The zero-order valence-electron chi connectivity index (χ0n) is 18.5. The summed E-state index contributed by atoms with van der Waals surface area (Å²) in [5.41, 5.74) is 2.34. The second kappa shape index (κ2) is 10.6. The van der Waals surface area contributed by atoms with E-state index in [4.69, 9.17) is 19.3 Å². The lowest BCUT2D eigenvalue weighted by Crippen LogP contribution is -2.27. The van der Waals surface area contributed by atoms with Gasteiger partial charge in [-0.25, -0.2) is 18.5 Å². The average molecular weight is 492 g/mol. The highest BCUT2D eigenvalue weighted by Crippen LogP contribution is 2.41. The van der Waals surface area contributed by atoms with E-state index in [9.17, 15) is 13.2 Å². The van der Waals surface area contributed by atoms with Gasteiger partial charge in [-0.1, -0.05) is 12.1 Å². The number of nitrogens with two attached hydrogens (primary N) is 1. The van der Waals surface area contributed by atoms with Crippen LogP contribution in [-0.2, 0) is 27.7 Å². The Bertz CT molecular complexity index is 1200. The number of benzene rings is 2. The molecule has 0 bridgehead atoms. The number of carbonyl (C=O) groups is 1. The molecule has 176 valence electrons. The Labute approximate surface area is 196 Å². The van der Waals surface area contributed by atoms with Crippen LogP contribution < -0.4 is 24.7 Å². The third kappa shape index (κ3) is 6.21. The van der Waals surface area contributed by atoms with Crippen LogP contribution in [0, 0.1) is 0 Å². The molecule has 0 fully saturated rings. The molecule has 9 nitrogen and oxygen atoms in total. The second-order valence-corrected chi connectivity index (χ2v) is 9.44. The summed E-state index contributed by atoms with van der Waals surface area (Å²) in [7, 11) is 0.925. The summed E-state index contributed by atoms with van der Waals surface area (Å²) in [6, 6.07) is 9.88. The quantitative estimate of drug-likeness (QED) is 0.445. The highest BCUT2D eigenvalue weighted by molar-refractivity contribution is 7.89. The maximum absolute atomic E-state index is 12.3. The Morgan fingerprint density at radius 2 is 1.70 bits per heavy atom. The zero-order chi connectivity index (χ0) is 24.0. The molecule has 1 aromatic heterocycles. The van der Waals surface area contributed by atoms with Gasteiger partial charge < -0.3 is 19.5 Å². The standard InChI is InChI=1S/C22H25N3O6S2/c1-29-18-10-15(11-19(30-2)21(18)31-3)22-25-16(13-32-22)12-20(26)24-9-8-14-4-6-17(7-5-14)33(23,27)28/h4-7,10-11,13H,8-9,12H2,1-3H3,(H,24,26)(H2,23,27,28). The van der Waals surface area contributed by atoms with Crippen LogP contribution in [0.4, 0.5) is 0 Å². The van der Waals surface area contributed by atoms with Gasteiger partial charge in [-0.05, 0) is 36.2 Å². The topological polar surface area (TPSA) is 130 Å². The van der Waals surface area contributed by atoms with Gasteiger partial charge in [0, 0.05) is 17.5 Å². The molecule has 0 aliphatic carbocycles. The predicted molar refractivity (Wildman–Crippen MR) is 125 cm³/mol. The molecule has 0 atom stereocenters. The van der Waals surface area contributed by atoms with E-state index in [1.54, 1.807) is 33.5 Å². The van der Waals surface area contributed by atoms with Crippen molar-refractivity contribution >= 4 is 27.3 Å². The lowest BCUT2D eigenvalue weighted by molar-refractivity contribution is -0.120. The van der Waals surface area contributed by atoms with Gasteiger partial charge in [-0.3, -0.25) is 4.79 Å². The summed E-state index contributed by atoms with van der Waals surface area (Å²) in [5.74, 6) is 1.40. The smallest absolute Gasteiger partial charge is 0.238 e. The number of aromatic nitrogens is 1. The number of hydrogen-bond acceptors (Lipinski definition) is 8. The van der Waals surface area contributed by atoms with E-state index in [2.05, 4.69) is 10.3 Å². The molecular weight excluding hydrogens is 466 g/mol. The molecule has 1 heterocycles. The van der Waals surface area contributed by atoms with E-state index in [1.165, 1.54) is 23.5 Å². The number of rotatable bonds is 10. The predicted octanol–water partition coefficient (Wildman–Crippen LogP) is 2.38. The molecule has 11 heteroatoms. The Hall–Kier alpha value is -3.15. The summed E-state index contributed by atoms with van der Waals surface area (Å²) in [5, 5.41) is 10.5. The lowest BCUT2D eigenvalue weighted by Gasteiger charge is -2.13. The molecule has 3 rings (SSSR count). The van der Waals surface area contributed by atoms with Crippen LogP contribution in [0.25, 0.3) is 10.6 Å². The van der Waals surface area contributed by atoms with Crippen molar-refractivity contribution in [1.82, 2.24) is 10.3 Å². The number of amides is 1. The van der Waals surface area contributed by atoms with Gasteiger partial charge in [-0.2, -0.15) is 0 Å². The fourth-order valence-corrected chi connectivity index (χ4v) is 4.47. The molecule has 0 saturated heterocycles. The fourth-order valence-electron chi connectivity index (χ4n) is 3.14. The molecule has 0 unspecified atom stereocenters. The van der Waals surface area contributed by atoms with E-state index in [0.29, 0.717) is 35.9 Å². The molecule has 1 amide bonds. The zero-order valence-corrected chi connectivity index (χ0v) is 20.1. The van der Waals surface area contributed by atoms with Crippen LogP contribution in [-0.4, -0.2) is 47.2 Å². The van der Waals surface area contributed by atoms with Gasteiger partial charge in [-0.15, -0.1) is 11.3 Å². The van der Waals surface area contributed by atoms with Gasteiger partial charge in [0.05, 0.1) is 38.3 Å². The molecule has 2 aromatic carbocycles. The van der Waals surface area contributed by atoms with Crippen molar-refractivity contribution in [1.29, 1.82) is 0 Å². The van der Waals surface area contributed by atoms with Gasteiger partial charge in [0.1, 0.15) is 5.01 Å². The number of nitrogens with one attached hydrogen (secondary N) is 1. The molecule has 3 aromatic rings. The van der Waals surface area contributed by atoms with Crippen LogP contribution in [0.1, 0.15) is 11.3 Å². The van der Waals surface area contributed by atoms with Crippen molar-refractivity contribution in [2.24, 2.45) is 5.14 Å². The van der Waals surface area contributed by atoms with Crippen molar-refractivity contribution in [3.63, 3.8) is 0 Å². The maximum Gasteiger partial charge on any atom is 0.238 e. The van der Waals surface area contributed by atoms with Crippen molar-refractivity contribution in [2.45, 2.75) is 17.7 Å². The maximum atomic E-state index is 12.3. The minimum absolute atomic E-state index is 0.0571. The molecule has 0 saturated carbocycles. The molecule has 33 heavy (non-hydrogen) atoms. The number of hydrogen-bond donors (Lipinski definition) is 2. The van der Waals surface area contributed by atoms with Crippen molar-refractivity contribution < 1.29 is 27.4 Å². The van der Waals surface area contributed by atoms with Crippen LogP contribution in [0.2, 0.25) is 0 Å². The number of methoxy groups -OCH3 is 3. The molecule has 3 N–H and O–H groups in total. The van der Waals surface area contributed by atoms with Crippen LogP contribution in [0.3, 0.4) is 0 Å². The minimum Gasteiger partial charge on any atom is -0.493 e. The van der Waals surface area contributed by atoms with E-state index in [-0.39, 0.29) is 17.2 Å². The highest BCUT2D eigenvalue weighted by atomic mass is 32.2. The first-order valence-electron chi connectivity index (χ1n) is 9.88. The number of thiazole rings is 1. The van der Waals surface area contributed by atoms with Crippen LogP contribution in [0.15, 0.2) is 46.7 Å². The highest BCUT2D eigenvalue weighted by Gasteiger charge is 2.16. The SMILES string of the molecule is COc1cc(-c2nc(CC(=O)NCCc3ccc(S(N)(=O)=O)cc3)cs2)cc(OC)c1OC. The lowest BCUT2D eigenvalue weighted by atomic mass is 10.1. The number of carbonyl (C=O) groups excluding carboxylic acids is 1. The first-order valence-corrected chi connectivity index (χ1v) is 12.3.